The van der Waals surface area contributed by atoms with Crippen molar-refractivity contribution in [3.8, 4) is 0 Å². The van der Waals surface area contributed by atoms with Crippen molar-refractivity contribution in [3.05, 3.63) is 29.8 Å². The second kappa shape index (κ2) is 5.90. The highest BCUT2D eigenvalue weighted by molar-refractivity contribution is 5.46. The molecule has 0 heterocycles. The molecule has 0 atom stereocenters. The third-order valence-electron chi connectivity index (χ3n) is 2.51. The number of hydrogen-bond donors (Lipinski definition) is 2. The van der Waals surface area contributed by atoms with Crippen LogP contribution in [-0.2, 0) is 6.42 Å². The smallest absolute Gasteiger partial charge is 0.0346 e. The number of hydrogen-bond acceptors (Lipinski definition) is 2. The fourth-order valence-corrected chi connectivity index (χ4v) is 1.63. The first-order valence-corrected chi connectivity index (χ1v) is 6.03. The van der Waals surface area contributed by atoms with E-state index in [0.717, 1.165) is 31.6 Å². The minimum absolute atomic E-state index is 0.367. The third-order valence-corrected chi connectivity index (χ3v) is 2.51. The molecule has 1 aromatic rings. The normalized spacial score (nSPS) is 11.7. The third kappa shape index (κ3) is 5.17. The van der Waals surface area contributed by atoms with E-state index in [-0.39, 0.29) is 0 Å². The van der Waals surface area contributed by atoms with Gasteiger partial charge in [0.1, 0.15) is 0 Å². The second-order valence-corrected chi connectivity index (χ2v) is 5.54. The average Bonchev–Trinajstić information content (AvgIpc) is 2.18. The highest BCUT2D eigenvalue weighted by Gasteiger charge is 2.08. The number of nitrogens with two attached hydrogens (primary N) is 1. The molecule has 90 valence electrons. The van der Waals surface area contributed by atoms with Crippen molar-refractivity contribution in [2.45, 2.75) is 33.6 Å². The fraction of sp³-hybridized carbons (Fsp3) is 0.571. The first-order valence-electron chi connectivity index (χ1n) is 6.03. The van der Waals surface area contributed by atoms with Gasteiger partial charge in [-0.2, -0.15) is 0 Å². The van der Waals surface area contributed by atoms with Crippen LogP contribution in [0, 0.1) is 5.41 Å². The summed E-state index contributed by atoms with van der Waals surface area (Å²) in [5, 5.41) is 3.47. The van der Waals surface area contributed by atoms with Crippen LogP contribution in [0.5, 0.6) is 0 Å². The molecule has 0 bridgehead atoms. The van der Waals surface area contributed by atoms with Crippen LogP contribution in [0.3, 0.4) is 0 Å². The Labute approximate surface area is 99.2 Å². The van der Waals surface area contributed by atoms with Gasteiger partial charge < -0.3 is 11.1 Å². The quantitative estimate of drug-likeness (QED) is 0.591. The highest BCUT2D eigenvalue weighted by Crippen LogP contribution is 2.13. The van der Waals surface area contributed by atoms with Gasteiger partial charge in [0.05, 0.1) is 0 Å². The standard InChI is InChI=1S/C14H24N2/c1-14(2,3)11-16-10-6-8-12-7-4-5-9-13(12)15/h4-5,7,9,16H,6,8,10-11,15H2,1-3H3. The summed E-state index contributed by atoms with van der Waals surface area (Å²) in [4.78, 5) is 0. The summed E-state index contributed by atoms with van der Waals surface area (Å²) in [7, 11) is 0. The Kier molecular flexibility index (Phi) is 4.81. The Morgan fingerprint density at radius 3 is 2.50 bits per heavy atom. The minimum Gasteiger partial charge on any atom is -0.399 e. The van der Waals surface area contributed by atoms with Crippen LogP contribution in [0.15, 0.2) is 24.3 Å². The van der Waals surface area contributed by atoms with Gasteiger partial charge >= 0.3 is 0 Å². The molecule has 0 aliphatic rings. The van der Waals surface area contributed by atoms with Crippen LogP contribution >= 0.6 is 0 Å². The molecule has 0 fully saturated rings. The summed E-state index contributed by atoms with van der Waals surface area (Å²) in [5.74, 6) is 0. The van der Waals surface area contributed by atoms with Gasteiger partial charge in [0.25, 0.3) is 0 Å². The van der Waals surface area contributed by atoms with Crippen LogP contribution < -0.4 is 11.1 Å². The summed E-state index contributed by atoms with van der Waals surface area (Å²) in [6.07, 6.45) is 2.20. The second-order valence-electron chi connectivity index (χ2n) is 5.54. The Hall–Kier alpha value is -1.02. The zero-order valence-electron chi connectivity index (χ0n) is 10.7. The molecule has 0 radical (unpaired) electrons. The maximum atomic E-state index is 5.88. The number of benzene rings is 1. The van der Waals surface area contributed by atoms with Gasteiger partial charge in [-0.05, 0) is 43.0 Å². The molecule has 3 N–H and O–H groups in total. The van der Waals surface area contributed by atoms with Gasteiger partial charge in [0, 0.05) is 5.69 Å². The van der Waals surface area contributed by atoms with Crippen molar-refractivity contribution in [1.82, 2.24) is 5.32 Å². The molecule has 0 saturated heterocycles. The lowest BCUT2D eigenvalue weighted by Crippen LogP contribution is -2.27. The number of para-hydroxylation sites is 1. The summed E-state index contributed by atoms with van der Waals surface area (Å²) in [6.45, 7) is 8.86. The first-order chi connectivity index (χ1) is 7.49. The highest BCUT2D eigenvalue weighted by atomic mass is 14.9. The Bertz CT molecular complexity index is 313. The van der Waals surface area contributed by atoms with Gasteiger partial charge in [-0.15, -0.1) is 0 Å². The molecule has 0 spiro atoms. The molecule has 0 saturated carbocycles. The maximum absolute atomic E-state index is 5.88. The van der Waals surface area contributed by atoms with E-state index in [2.05, 4.69) is 32.2 Å². The van der Waals surface area contributed by atoms with E-state index < -0.39 is 0 Å². The molecule has 2 nitrogen and oxygen atoms in total. The predicted molar refractivity (Wildman–Crippen MR) is 71.5 cm³/mol. The van der Waals surface area contributed by atoms with Crippen LogP contribution in [0.4, 0.5) is 5.69 Å². The van der Waals surface area contributed by atoms with Crippen molar-refractivity contribution in [1.29, 1.82) is 0 Å². The molecule has 0 aromatic heterocycles. The maximum Gasteiger partial charge on any atom is 0.0346 e. The van der Waals surface area contributed by atoms with E-state index >= 15 is 0 Å². The van der Waals surface area contributed by atoms with Crippen molar-refractivity contribution in [3.63, 3.8) is 0 Å². The van der Waals surface area contributed by atoms with Crippen LogP contribution in [-0.4, -0.2) is 13.1 Å². The number of aryl methyl sites for hydroxylation is 1. The van der Waals surface area contributed by atoms with E-state index in [4.69, 9.17) is 5.73 Å². The summed E-state index contributed by atoms with van der Waals surface area (Å²) in [6, 6.07) is 8.11. The zero-order chi connectivity index (χ0) is 12.0. The summed E-state index contributed by atoms with van der Waals surface area (Å²) >= 11 is 0. The summed E-state index contributed by atoms with van der Waals surface area (Å²) in [5.41, 5.74) is 8.43. The number of nitrogens with one attached hydrogen (secondary N) is 1. The van der Waals surface area contributed by atoms with E-state index in [1.54, 1.807) is 0 Å². The Balaban J connectivity index is 2.19. The van der Waals surface area contributed by atoms with Gasteiger partial charge in [-0.25, -0.2) is 0 Å². The topological polar surface area (TPSA) is 38.0 Å². The van der Waals surface area contributed by atoms with Crippen LogP contribution in [0.1, 0.15) is 32.8 Å². The van der Waals surface area contributed by atoms with Crippen molar-refractivity contribution < 1.29 is 0 Å². The van der Waals surface area contributed by atoms with Crippen LogP contribution in [0.25, 0.3) is 0 Å². The number of rotatable bonds is 5. The van der Waals surface area contributed by atoms with Gasteiger partial charge in [-0.1, -0.05) is 39.0 Å². The lowest BCUT2D eigenvalue weighted by molar-refractivity contribution is 0.379. The molecular formula is C14H24N2. The van der Waals surface area contributed by atoms with E-state index in [9.17, 15) is 0 Å². The molecule has 1 rings (SSSR count). The molecule has 16 heavy (non-hydrogen) atoms. The minimum atomic E-state index is 0.367. The van der Waals surface area contributed by atoms with Gasteiger partial charge in [-0.3, -0.25) is 0 Å². The van der Waals surface area contributed by atoms with E-state index in [1.807, 2.05) is 18.2 Å². The Morgan fingerprint density at radius 2 is 1.88 bits per heavy atom. The SMILES string of the molecule is CC(C)(C)CNCCCc1ccccc1N. The number of nitrogen functional groups attached to an aromatic ring is 1. The zero-order valence-corrected chi connectivity index (χ0v) is 10.7. The lowest BCUT2D eigenvalue weighted by atomic mass is 9.97. The number of anilines is 1. The fourth-order valence-electron chi connectivity index (χ4n) is 1.63. The van der Waals surface area contributed by atoms with E-state index in [0.29, 0.717) is 5.41 Å². The lowest BCUT2D eigenvalue weighted by Gasteiger charge is -2.18. The van der Waals surface area contributed by atoms with Crippen molar-refractivity contribution in [2.24, 2.45) is 5.41 Å². The van der Waals surface area contributed by atoms with Crippen molar-refractivity contribution >= 4 is 5.69 Å². The average molecular weight is 220 g/mol. The molecule has 0 unspecified atom stereocenters. The molecule has 0 aliphatic heterocycles. The van der Waals surface area contributed by atoms with Gasteiger partial charge in [0.15, 0.2) is 0 Å². The molecule has 0 aliphatic carbocycles. The molecule has 0 amide bonds. The van der Waals surface area contributed by atoms with E-state index in [1.165, 1.54) is 5.56 Å². The largest absolute Gasteiger partial charge is 0.399 e. The Morgan fingerprint density at radius 1 is 1.19 bits per heavy atom. The molecule has 1 aromatic carbocycles. The summed E-state index contributed by atoms with van der Waals surface area (Å²) < 4.78 is 0. The van der Waals surface area contributed by atoms with Crippen LogP contribution in [0.2, 0.25) is 0 Å². The predicted octanol–water partition coefficient (Wildman–Crippen LogP) is 2.84. The van der Waals surface area contributed by atoms with Gasteiger partial charge in [0.2, 0.25) is 0 Å². The molecular weight excluding hydrogens is 196 g/mol. The van der Waals surface area contributed by atoms with Crippen molar-refractivity contribution in [2.75, 3.05) is 18.8 Å². The molecule has 2 heteroatoms. The monoisotopic (exact) mass is 220 g/mol. The first kappa shape index (κ1) is 13.0.